The number of aryl methyl sites for hydroxylation is 2. The van der Waals surface area contributed by atoms with Crippen LogP contribution in [0.3, 0.4) is 0 Å². The minimum absolute atomic E-state index is 0.195. The van der Waals surface area contributed by atoms with E-state index >= 15 is 0 Å². The van der Waals surface area contributed by atoms with Crippen LogP contribution < -0.4 is 10.9 Å². The van der Waals surface area contributed by atoms with Gasteiger partial charge in [-0.05, 0) is 29.9 Å². The van der Waals surface area contributed by atoms with Gasteiger partial charge in [-0.3, -0.25) is 14.6 Å². The molecular formula is C21H31N3O3. The zero-order valence-corrected chi connectivity index (χ0v) is 16.9. The molecule has 27 heavy (non-hydrogen) atoms. The molecule has 0 aliphatic heterocycles. The molecule has 3 rings (SSSR count). The Labute approximate surface area is 160 Å². The Morgan fingerprint density at radius 2 is 1.59 bits per heavy atom. The fraction of sp³-hybridized carbons (Fsp3) is 0.571. The largest absolute Gasteiger partial charge is 0.390 e. The highest BCUT2D eigenvalue weighted by Gasteiger charge is 2.52. The number of para-hydroxylation sites is 1. The van der Waals surface area contributed by atoms with Gasteiger partial charge in [-0.1, -0.05) is 45.9 Å². The van der Waals surface area contributed by atoms with Crippen LogP contribution in [0.4, 0.5) is 5.69 Å². The molecule has 1 saturated carbocycles. The molecule has 4 N–H and O–H groups in total. The normalized spacial score (nSPS) is 25.1. The molecule has 1 aliphatic rings. The number of anilines is 1. The number of benzene rings is 1. The first-order valence-electron chi connectivity index (χ1n) is 9.66. The Bertz CT molecular complexity index is 845. The number of nitrogens with zero attached hydrogens (tertiary/aromatic N) is 1. The summed E-state index contributed by atoms with van der Waals surface area (Å²) in [6.07, 6.45) is -1.66. The highest BCUT2D eigenvalue weighted by Crippen LogP contribution is 2.41. The molecule has 1 heterocycles. The predicted octanol–water partition coefficient (Wildman–Crippen LogP) is 2.57. The lowest BCUT2D eigenvalue weighted by atomic mass is 9.69. The lowest BCUT2D eigenvalue weighted by Crippen LogP contribution is -2.62. The van der Waals surface area contributed by atoms with Gasteiger partial charge < -0.3 is 15.5 Å². The van der Waals surface area contributed by atoms with Crippen LogP contribution in [0, 0.1) is 6.92 Å². The van der Waals surface area contributed by atoms with Crippen molar-refractivity contribution in [3.8, 4) is 0 Å². The minimum atomic E-state index is -0.831. The molecule has 6 nitrogen and oxygen atoms in total. The zero-order chi connectivity index (χ0) is 20.0. The van der Waals surface area contributed by atoms with Crippen molar-refractivity contribution in [1.29, 1.82) is 0 Å². The van der Waals surface area contributed by atoms with E-state index in [1.165, 1.54) is 4.68 Å². The first-order valence-corrected chi connectivity index (χ1v) is 9.66. The lowest BCUT2D eigenvalue weighted by molar-refractivity contribution is -0.0668. The second-order valence-corrected chi connectivity index (χ2v) is 8.31. The molecule has 0 saturated heterocycles. The second kappa shape index (κ2) is 7.17. The number of aliphatic hydroxyl groups excluding tert-OH is 2. The predicted molar refractivity (Wildman–Crippen MR) is 108 cm³/mol. The molecule has 6 heteroatoms. The smallest absolute Gasteiger partial charge is 0.270 e. The third kappa shape index (κ3) is 3.21. The number of rotatable bonds is 5. The molecule has 2 unspecified atom stereocenters. The minimum Gasteiger partial charge on any atom is -0.390 e. The lowest BCUT2D eigenvalue weighted by Gasteiger charge is -2.47. The molecule has 1 aromatic heterocycles. The maximum atomic E-state index is 12.4. The van der Waals surface area contributed by atoms with Gasteiger partial charge in [0, 0.05) is 29.9 Å². The average Bonchev–Trinajstić information content (AvgIpc) is 2.85. The summed E-state index contributed by atoms with van der Waals surface area (Å²) in [6.45, 7) is 10.3. The summed E-state index contributed by atoms with van der Waals surface area (Å²) in [5.74, 6) is 0.0484. The molecule has 1 aliphatic carbocycles. The van der Waals surface area contributed by atoms with Gasteiger partial charge in [0.25, 0.3) is 5.56 Å². The van der Waals surface area contributed by atoms with Gasteiger partial charge in [-0.15, -0.1) is 0 Å². The zero-order valence-electron chi connectivity index (χ0n) is 16.9. The summed E-state index contributed by atoms with van der Waals surface area (Å²) >= 11 is 0. The van der Waals surface area contributed by atoms with Crippen LogP contribution in [0.25, 0.3) is 0 Å². The Morgan fingerprint density at radius 3 is 2.00 bits per heavy atom. The van der Waals surface area contributed by atoms with Crippen LogP contribution in [0.1, 0.15) is 67.8 Å². The van der Waals surface area contributed by atoms with Gasteiger partial charge in [0.05, 0.1) is 18.2 Å². The van der Waals surface area contributed by atoms with Gasteiger partial charge in [0.15, 0.2) is 0 Å². The first kappa shape index (κ1) is 19.7. The van der Waals surface area contributed by atoms with Crippen molar-refractivity contribution in [3.05, 3.63) is 50.9 Å². The standard InChI is InChI=1S/C21H31N3O3/c1-10(2)13-8-7-9-14(11(3)4)17(13)22-18-19(25)16(20(18)26)15-12(5)23-24(6)21(15)27/h7-11,16,18-20,22-23,25-26H,1-6H3. The van der Waals surface area contributed by atoms with Gasteiger partial charge in [-0.25, -0.2) is 0 Å². The van der Waals surface area contributed by atoms with E-state index in [0.29, 0.717) is 23.1 Å². The maximum Gasteiger partial charge on any atom is 0.270 e. The van der Waals surface area contributed by atoms with Crippen molar-refractivity contribution in [2.75, 3.05) is 5.32 Å². The third-order valence-corrected chi connectivity index (χ3v) is 5.76. The molecule has 148 valence electrons. The third-order valence-electron chi connectivity index (χ3n) is 5.76. The van der Waals surface area contributed by atoms with Crippen molar-refractivity contribution in [3.63, 3.8) is 0 Å². The molecular weight excluding hydrogens is 342 g/mol. The van der Waals surface area contributed by atoms with Gasteiger partial charge in [0.2, 0.25) is 0 Å². The average molecular weight is 373 g/mol. The number of H-pyrrole nitrogens is 1. The maximum absolute atomic E-state index is 12.4. The first-order chi connectivity index (χ1) is 12.6. The van der Waals surface area contributed by atoms with Crippen molar-refractivity contribution >= 4 is 5.69 Å². The monoisotopic (exact) mass is 373 g/mol. The van der Waals surface area contributed by atoms with Crippen LogP contribution in [0.5, 0.6) is 0 Å². The molecule has 0 radical (unpaired) electrons. The number of nitrogens with one attached hydrogen (secondary N) is 2. The number of hydrogen-bond donors (Lipinski definition) is 4. The van der Waals surface area contributed by atoms with E-state index in [2.05, 4.69) is 56.3 Å². The van der Waals surface area contributed by atoms with E-state index in [1.54, 1.807) is 14.0 Å². The molecule has 1 aromatic carbocycles. The Balaban J connectivity index is 1.92. The van der Waals surface area contributed by atoms with Crippen LogP contribution >= 0.6 is 0 Å². The van der Waals surface area contributed by atoms with Crippen molar-refractivity contribution in [1.82, 2.24) is 9.78 Å². The van der Waals surface area contributed by atoms with Crippen LogP contribution in [0.15, 0.2) is 23.0 Å². The molecule has 1 fully saturated rings. The number of hydrogen-bond acceptors (Lipinski definition) is 4. The van der Waals surface area contributed by atoms with E-state index in [0.717, 1.165) is 16.8 Å². The fourth-order valence-corrected chi connectivity index (χ4v) is 4.20. The summed E-state index contributed by atoms with van der Waals surface area (Å²) in [4.78, 5) is 12.4. The van der Waals surface area contributed by atoms with Crippen molar-refractivity contribution in [2.24, 2.45) is 7.05 Å². The van der Waals surface area contributed by atoms with Gasteiger partial charge >= 0.3 is 0 Å². The molecule has 2 atom stereocenters. The highest BCUT2D eigenvalue weighted by atomic mass is 16.3. The van der Waals surface area contributed by atoms with Gasteiger partial charge in [0.1, 0.15) is 0 Å². The van der Waals surface area contributed by atoms with E-state index in [9.17, 15) is 15.0 Å². The summed E-state index contributed by atoms with van der Waals surface area (Å²) in [5, 5.41) is 27.9. The topological polar surface area (TPSA) is 90.3 Å². The van der Waals surface area contributed by atoms with Crippen molar-refractivity contribution in [2.45, 2.75) is 70.6 Å². The SMILES string of the molecule is Cc1[nH]n(C)c(=O)c1C1C(O)C(Nc2c(C(C)C)cccc2C(C)C)C1O. The number of aliphatic hydroxyl groups is 2. The van der Waals surface area contributed by atoms with E-state index in [-0.39, 0.29) is 5.56 Å². The van der Waals surface area contributed by atoms with E-state index < -0.39 is 24.2 Å². The summed E-state index contributed by atoms with van der Waals surface area (Å²) in [7, 11) is 1.64. The quantitative estimate of drug-likeness (QED) is 0.648. The van der Waals surface area contributed by atoms with Gasteiger partial charge in [-0.2, -0.15) is 0 Å². The molecule has 0 bridgehead atoms. The van der Waals surface area contributed by atoms with Crippen molar-refractivity contribution < 1.29 is 10.2 Å². The summed E-state index contributed by atoms with van der Waals surface area (Å²) in [5.41, 5.74) is 4.28. The Kier molecular flexibility index (Phi) is 5.23. The Morgan fingerprint density at radius 1 is 1.07 bits per heavy atom. The highest BCUT2D eigenvalue weighted by molar-refractivity contribution is 5.61. The van der Waals surface area contributed by atoms with E-state index in [1.807, 2.05) is 0 Å². The summed E-state index contributed by atoms with van der Waals surface area (Å²) in [6, 6.07) is 5.71. The number of aromatic amines is 1. The summed E-state index contributed by atoms with van der Waals surface area (Å²) < 4.78 is 1.38. The molecule has 0 spiro atoms. The number of aromatic nitrogens is 2. The van der Waals surface area contributed by atoms with Crippen LogP contribution in [0.2, 0.25) is 0 Å². The molecule has 2 aromatic rings. The Hall–Kier alpha value is -2.05. The van der Waals surface area contributed by atoms with Crippen LogP contribution in [-0.2, 0) is 7.05 Å². The fourth-order valence-electron chi connectivity index (χ4n) is 4.20. The van der Waals surface area contributed by atoms with E-state index in [4.69, 9.17) is 0 Å². The molecule has 0 amide bonds. The van der Waals surface area contributed by atoms with Crippen LogP contribution in [-0.4, -0.2) is 38.2 Å². The second-order valence-electron chi connectivity index (χ2n) is 8.31.